The molecule has 0 aromatic carbocycles. The first kappa shape index (κ1) is 13.2. The Hall–Kier alpha value is -0.840. The van der Waals surface area contributed by atoms with Crippen molar-refractivity contribution >= 4 is 21.8 Å². The van der Waals surface area contributed by atoms with E-state index >= 15 is 0 Å². The van der Waals surface area contributed by atoms with Crippen LogP contribution in [0.4, 0.5) is 0 Å². The van der Waals surface area contributed by atoms with Crippen LogP contribution in [-0.4, -0.2) is 21.7 Å². The fourth-order valence-electron chi connectivity index (χ4n) is 1.54. The van der Waals surface area contributed by atoms with Gasteiger partial charge in [-0.25, -0.2) is 0 Å². The highest BCUT2D eigenvalue weighted by molar-refractivity contribution is 9.10. The van der Waals surface area contributed by atoms with Crippen LogP contribution in [0.3, 0.4) is 0 Å². The van der Waals surface area contributed by atoms with Crippen LogP contribution < -0.4 is 5.32 Å². The summed E-state index contributed by atoms with van der Waals surface area (Å²) in [5.74, 6) is -0.00639. The molecule has 90 valence electrons. The molecule has 0 aliphatic carbocycles. The highest BCUT2D eigenvalue weighted by atomic mass is 79.9. The van der Waals surface area contributed by atoms with Gasteiger partial charge in [0.25, 0.3) is 0 Å². The molecule has 1 amide bonds. The molecule has 0 fully saturated rings. The van der Waals surface area contributed by atoms with Gasteiger partial charge in [0.2, 0.25) is 5.91 Å². The second kappa shape index (κ2) is 4.99. The molecular formula is C11H18BrN3O. The van der Waals surface area contributed by atoms with Crippen LogP contribution in [-0.2, 0) is 4.79 Å². The number of aryl methyl sites for hydroxylation is 1. The topological polar surface area (TPSA) is 46.9 Å². The van der Waals surface area contributed by atoms with Gasteiger partial charge in [-0.2, -0.15) is 5.10 Å². The minimum Gasteiger partial charge on any atom is -0.352 e. The van der Waals surface area contributed by atoms with Gasteiger partial charge in [0.05, 0.1) is 15.9 Å². The summed E-state index contributed by atoms with van der Waals surface area (Å²) in [7, 11) is 0. The highest BCUT2D eigenvalue weighted by Crippen LogP contribution is 2.22. The van der Waals surface area contributed by atoms with Gasteiger partial charge in [-0.15, -0.1) is 0 Å². The molecule has 5 heteroatoms. The molecule has 1 heterocycles. The quantitative estimate of drug-likeness (QED) is 0.928. The Morgan fingerprint density at radius 2 is 1.94 bits per heavy atom. The summed E-state index contributed by atoms with van der Waals surface area (Å²) in [5.41, 5.74) is 1.88. The molecule has 1 atom stereocenters. The van der Waals surface area contributed by atoms with Gasteiger partial charge in [-0.3, -0.25) is 9.48 Å². The molecule has 1 rings (SSSR count). The van der Waals surface area contributed by atoms with Gasteiger partial charge in [0, 0.05) is 6.04 Å². The zero-order chi connectivity index (χ0) is 12.5. The van der Waals surface area contributed by atoms with E-state index in [1.807, 2.05) is 34.6 Å². The number of hydrogen-bond donors (Lipinski definition) is 1. The van der Waals surface area contributed by atoms with E-state index in [0.29, 0.717) is 0 Å². The summed E-state index contributed by atoms with van der Waals surface area (Å²) >= 11 is 3.45. The van der Waals surface area contributed by atoms with Crippen molar-refractivity contribution in [2.75, 3.05) is 0 Å². The van der Waals surface area contributed by atoms with E-state index in [0.717, 1.165) is 15.9 Å². The van der Waals surface area contributed by atoms with Crippen LogP contribution in [0.2, 0.25) is 0 Å². The van der Waals surface area contributed by atoms with Gasteiger partial charge in [0.1, 0.15) is 6.04 Å². The van der Waals surface area contributed by atoms with Crippen LogP contribution in [0.1, 0.15) is 38.2 Å². The predicted octanol–water partition coefficient (Wildman–Crippen LogP) is 2.35. The Morgan fingerprint density at radius 1 is 1.38 bits per heavy atom. The summed E-state index contributed by atoms with van der Waals surface area (Å²) in [5, 5.41) is 7.23. The fraction of sp³-hybridized carbons (Fsp3) is 0.636. The summed E-state index contributed by atoms with van der Waals surface area (Å²) in [6, 6.07) is -0.136. The number of aromatic nitrogens is 2. The third kappa shape index (κ3) is 2.64. The van der Waals surface area contributed by atoms with Crippen LogP contribution in [0, 0.1) is 13.8 Å². The minimum absolute atomic E-state index is 0.00639. The lowest BCUT2D eigenvalue weighted by Crippen LogP contribution is -2.36. The smallest absolute Gasteiger partial charge is 0.244 e. The SMILES string of the molecule is Cc1nn(C(C)C(=O)NC(C)C)c(C)c1Br. The van der Waals surface area contributed by atoms with Crippen LogP contribution in [0.25, 0.3) is 0 Å². The van der Waals surface area contributed by atoms with E-state index < -0.39 is 0 Å². The van der Waals surface area contributed by atoms with Crippen LogP contribution in [0.15, 0.2) is 4.47 Å². The zero-order valence-electron chi connectivity index (χ0n) is 10.3. The molecule has 1 aromatic rings. The molecule has 0 saturated carbocycles. The largest absolute Gasteiger partial charge is 0.352 e. The summed E-state index contributed by atoms with van der Waals surface area (Å²) < 4.78 is 2.72. The fourth-order valence-corrected chi connectivity index (χ4v) is 1.80. The Balaban J connectivity index is 2.92. The first-order valence-electron chi connectivity index (χ1n) is 5.36. The first-order valence-corrected chi connectivity index (χ1v) is 6.15. The number of amides is 1. The monoisotopic (exact) mass is 287 g/mol. The van der Waals surface area contributed by atoms with E-state index in [4.69, 9.17) is 0 Å². The van der Waals surface area contributed by atoms with E-state index in [1.165, 1.54) is 0 Å². The van der Waals surface area contributed by atoms with Gasteiger partial charge >= 0.3 is 0 Å². The van der Waals surface area contributed by atoms with Crippen molar-refractivity contribution in [2.24, 2.45) is 0 Å². The number of rotatable bonds is 3. The molecule has 0 aliphatic heterocycles. The summed E-state index contributed by atoms with van der Waals surface area (Å²) in [4.78, 5) is 11.8. The lowest BCUT2D eigenvalue weighted by Gasteiger charge is -2.16. The predicted molar refractivity (Wildman–Crippen MR) is 67.4 cm³/mol. The van der Waals surface area contributed by atoms with Gasteiger partial charge in [-0.1, -0.05) is 0 Å². The highest BCUT2D eigenvalue weighted by Gasteiger charge is 2.20. The molecule has 0 radical (unpaired) electrons. The molecule has 1 aromatic heterocycles. The Bertz CT molecular complexity index is 398. The third-order valence-electron chi connectivity index (χ3n) is 2.41. The lowest BCUT2D eigenvalue weighted by molar-refractivity contribution is -0.124. The number of nitrogens with one attached hydrogen (secondary N) is 1. The van der Waals surface area contributed by atoms with Crippen molar-refractivity contribution in [3.8, 4) is 0 Å². The zero-order valence-corrected chi connectivity index (χ0v) is 11.9. The Labute approximate surface area is 105 Å². The lowest BCUT2D eigenvalue weighted by atomic mass is 10.2. The number of halogens is 1. The van der Waals surface area contributed by atoms with Crippen molar-refractivity contribution in [2.45, 2.75) is 46.7 Å². The van der Waals surface area contributed by atoms with E-state index in [-0.39, 0.29) is 18.0 Å². The number of carbonyl (C=O) groups excluding carboxylic acids is 1. The summed E-state index contributed by atoms with van der Waals surface area (Å²) in [6.45, 7) is 9.61. The molecule has 0 bridgehead atoms. The normalized spacial score (nSPS) is 12.9. The summed E-state index contributed by atoms with van der Waals surface area (Å²) in [6.07, 6.45) is 0. The number of hydrogen-bond acceptors (Lipinski definition) is 2. The van der Waals surface area contributed by atoms with Gasteiger partial charge in [0.15, 0.2) is 0 Å². The maximum Gasteiger partial charge on any atom is 0.244 e. The van der Waals surface area contributed by atoms with E-state index in [9.17, 15) is 4.79 Å². The molecule has 1 N–H and O–H groups in total. The van der Waals surface area contributed by atoms with Crippen LogP contribution >= 0.6 is 15.9 Å². The van der Waals surface area contributed by atoms with Gasteiger partial charge in [-0.05, 0) is 50.5 Å². The number of nitrogens with zero attached hydrogens (tertiary/aromatic N) is 2. The second-order valence-corrected chi connectivity index (χ2v) is 5.06. The standard InChI is InChI=1S/C11H18BrN3O/c1-6(2)13-11(16)9(5)15-8(4)10(12)7(3)14-15/h6,9H,1-5H3,(H,13,16). The van der Waals surface area contributed by atoms with Gasteiger partial charge < -0.3 is 5.32 Å². The maximum absolute atomic E-state index is 11.8. The molecule has 1 unspecified atom stereocenters. The van der Waals surface area contributed by atoms with Crippen molar-refractivity contribution in [3.63, 3.8) is 0 Å². The molecule has 0 aliphatic rings. The van der Waals surface area contributed by atoms with Crippen molar-refractivity contribution in [3.05, 3.63) is 15.9 Å². The minimum atomic E-state index is -0.285. The molecule has 4 nitrogen and oxygen atoms in total. The Morgan fingerprint density at radius 3 is 2.31 bits per heavy atom. The van der Waals surface area contributed by atoms with Crippen molar-refractivity contribution in [1.82, 2.24) is 15.1 Å². The van der Waals surface area contributed by atoms with Crippen molar-refractivity contribution in [1.29, 1.82) is 0 Å². The molecule has 0 spiro atoms. The van der Waals surface area contributed by atoms with Crippen LogP contribution in [0.5, 0.6) is 0 Å². The van der Waals surface area contributed by atoms with E-state index in [2.05, 4.69) is 26.3 Å². The molecule has 0 saturated heterocycles. The second-order valence-electron chi connectivity index (χ2n) is 4.27. The first-order chi connectivity index (χ1) is 7.34. The van der Waals surface area contributed by atoms with E-state index in [1.54, 1.807) is 4.68 Å². The molecular weight excluding hydrogens is 270 g/mol. The third-order valence-corrected chi connectivity index (χ3v) is 3.56. The van der Waals surface area contributed by atoms with Crippen molar-refractivity contribution < 1.29 is 4.79 Å². The number of carbonyl (C=O) groups is 1. The average Bonchev–Trinajstić information content (AvgIpc) is 2.44. The molecule has 16 heavy (non-hydrogen) atoms. The maximum atomic E-state index is 11.8. The average molecular weight is 288 g/mol. The Kier molecular flexibility index (Phi) is 4.13.